The molecule has 2 heterocycles. The molecule has 16 heavy (non-hydrogen) atoms. The first kappa shape index (κ1) is 10.3. The third-order valence-electron chi connectivity index (χ3n) is 2.98. The maximum absolute atomic E-state index is 5.30. The number of nitrogens with zero attached hydrogens (tertiary/aromatic N) is 1. The Hall–Kier alpha value is -0.900. The van der Waals surface area contributed by atoms with E-state index in [1.54, 1.807) is 0 Å². The van der Waals surface area contributed by atoms with E-state index in [9.17, 15) is 0 Å². The van der Waals surface area contributed by atoms with Gasteiger partial charge >= 0.3 is 0 Å². The molecule has 2 saturated heterocycles. The Bertz CT molecular complexity index is 319. The van der Waals surface area contributed by atoms with Crippen LogP contribution in [-0.2, 0) is 16.0 Å². The van der Waals surface area contributed by atoms with Gasteiger partial charge in [0.25, 0.3) is 0 Å². The van der Waals surface area contributed by atoms with E-state index in [1.807, 2.05) is 0 Å². The van der Waals surface area contributed by atoms with Crippen LogP contribution in [0.3, 0.4) is 0 Å². The molecule has 2 unspecified atom stereocenters. The number of ether oxygens (including phenoxy) is 2. The topological polar surface area (TPSA) is 28.3 Å². The van der Waals surface area contributed by atoms with Crippen LogP contribution in [-0.4, -0.2) is 43.4 Å². The SMILES string of the molecule is c1ccc(CN(CC2CO2)CC2CO2)cc1. The quantitative estimate of drug-likeness (QED) is 0.675. The second-order valence-electron chi connectivity index (χ2n) is 4.59. The average molecular weight is 219 g/mol. The Morgan fingerprint density at radius 1 is 1.00 bits per heavy atom. The van der Waals surface area contributed by atoms with Gasteiger partial charge < -0.3 is 9.47 Å². The highest BCUT2D eigenvalue weighted by Gasteiger charge is 2.30. The molecule has 0 amide bonds. The molecule has 86 valence electrons. The average Bonchev–Trinajstić information content (AvgIpc) is 3.15. The third-order valence-corrected chi connectivity index (χ3v) is 2.98. The molecule has 3 heteroatoms. The fourth-order valence-electron chi connectivity index (χ4n) is 1.97. The highest BCUT2D eigenvalue weighted by molar-refractivity contribution is 5.14. The Labute approximate surface area is 96.0 Å². The summed E-state index contributed by atoms with van der Waals surface area (Å²) < 4.78 is 10.6. The van der Waals surface area contributed by atoms with Crippen LogP contribution >= 0.6 is 0 Å². The third kappa shape index (κ3) is 3.04. The van der Waals surface area contributed by atoms with Crippen LogP contribution in [0.1, 0.15) is 5.56 Å². The van der Waals surface area contributed by atoms with Gasteiger partial charge in [-0.3, -0.25) is 4.90 Å². The van der Waals surface area contributed by atoms with E-state index in [1.165, 1.54) is 5.56 Å². The van der Waals surface area contributed by atoms with Crippen LogP contribution in [0.4, 0.5) is 0 Å². The summed E-state index contributed by atoms with van der Waals surface area (Å²) in [7, 11) is 0. The van der Waals surface area contributed by atoms with Crippen molar-refractivity contribution in [2.75, 3.05) is 26.3 Å². The summed E-state index contributed by atoms with van der Waals surface area (Å²) in [5, 5.41) is 0. The summed E-state index contributed by atoms with van der Waals surface area (Å²) in [6.07, 6.45) is 0.921. The molecular weight excluding hydrogens is 202 g/mol. The normalized spacial score (nSPS) is 27.1. The highest BCUT2D eigenvalue weighted by atomic mass is 16.6. The van der Waals surface area contributed by atoms with Crippen molar-refractivity contribution in [2.45, 2.75) is 18.8 Å². The van der Waals surface area contributed by atoms with Crippen LogP contribution < -0.4 is 0 Å². The van der Waals surface area contributed by atoms with Gasteiger partial charge in [0.15, 0.2) is 0 Å². The minimum Gasteiger partial charge on any atom is -0.372 e. The van der Waals surface area contributed by atoms with E-state index in [-0.39, 0.29) is 0 Å². The number of epoxide rings is 2. The van der Waals surface area contributed by atoms with Crippen LogP contribution in [0.25, 0.3) is 0 Å². The maximum atomic E-state index is 5.30. The molecule has 0 aromatic heterocycles. The lowest BCUT2D eigenvalue weighted by Gasteiger charge is -2.20. The monoisotopic (exact) mass is 219 g/mol. The van der Waals surface area contributed by atoms with Gasteiger partial charge in [-0.1, -0.05) is 30.3 Å². The minimum absolute atomic E-state index is 0.461. The van der Waals surface area contributed by atoms with Crippen molar-refractivity contribution in [3.63, 3.8) is 0 Å². The fourth-order valence-corrected chi connectivity index (χ4v) is 1.97. The summed E-state index contributed by atoms with van der Waals surface area (Å²) in [6.45, 7) is 4.93. The lowest BCUT2D eigenvalue weighted by atomic mass is 10.2. The summed E-state index contributed by atoms with van der Waals surface area (Å²) >= 11 is 0. The van der Waals surface area contributed by atoms with Crippen LogP contribution in [0, 0.1) is 0 Å². The zero-order chi connectivity index (χ0) is 10.8. The van der Waals surface area contributed by atoms with Crippen molar-refractivity contribution < 1.29 is 9.47 Å². The molecule has 2 fully saturated rings. The van der Waals surface area contributed by atoms with Crippen molar-refractivity contribution >= 4 is 0 Å². The molecule has 0 N–H and O–H groups in total. The molecule has 0 radical (unpaired) electrons. The lowest BCUT2D eigenvalue weighted by molar-refractivity contribution is 0.213. The maximum Gasteiger partial charge on any atom is 0.0936 e. The largest absolute Gasteiger partial charge is 0.372 e. The molecule has 3 rings (SSSR count). The molecule has 0 spiro atoms. The van der Waals surface area contributed by atoms with E-state index >= 15 is 0 Å². The standard InChI is InChI=1S/C13H17NO2/c1-2-4-11(5-3-1)6-14(7-12-9-15-12)8-13-10-16-13/h1-5,12-13H,6-10H2. The van der Waals surface area contributed by atoms with Gasteiger partial charge in [-0.25, -0.2) is 0 Å². The first-order valence-corrected chi connectivity index (χ1v) is 5.89. The molecule has 3 nitrogen and oxygen atoms in total. The Kier molecular flexibility index (Phi) is 2.91. The first-order chi connectivity index (χ1) is 7.90. The Morgan fingerprint density at radius 2 is 1.56 bits per heavy atom. The smallest absolute Gasteiger partial charge is 0.0936 e. The van der Waals surface area contributed by atoms with Gasteiger partial charge in [0.05, 0.1) is 25.4 Å². The van der Waals surface area contributed by atoms with Crippen LogP contribution in [0.5, 0.6) is 0 Å². The van der Waals surface area contributed by atoms with Crippen molar-refractivity contribution in [1.29, 1.82) is 0 Å². The van der Waals surface area contributed by atoms with E-state index in [0.29, 0.717) is 12.2 Å². The lowest BCUT2D eigenvalue weighted by Crippen LogP contribution is -2.31. The van der Waals surface area contributed by atoms with Crippen LogP contribution in [0.15, 0.2) is 30.3 Å². The van der Waals surface area contributed by atoms with Gasteiger partial charge in [-0.05, 0) is 5.56 Å². The minimum atomic E-state index is 0.461. The molecule has 1 aromatic carbocycles. The summed E-state index contributed by atoms with van der Waals surface area (Å²) in [4.78, 5) is 2.44. The van der Waals surface area contributed by atoms with E-state index in [2.05, 4.69) is 35.2 Å². The predicted octanol–water partition coefficient (Wildman–Crippen LogP) is 1.29. The molecule has 2 aliphatic rings. The molecule has 0 saturated carbocycles. The zero-order valence-corrected chi connectivity index (χ0v) is 9.34. The molecule has 2 aliphatic heterocycles. The second kappa shape index (κ2) is 4.53. The molecule has 0 aliphatic carbocycles. The van der Waals surface area contributed by atoms with Crippen molar-refractivity contribution in [3.8, 4) is 0 Å². The summed E-state index contributed by atoms with van der Waals surface area (Å²) in [5.41, 5.74) is 1.36. The Balaban J connectivity index is 1.57. The number of hydrogen-bond acceptors (Lipinski definition) is 3. The van der Waals surface area contributed by atoms with Gasteiger partial charge in [0.2, 0.25) is 0 Å². The van der Waals surface area contributed by atoms with Crippen molar-refractivity contribution in [2.24, 2.45) is 0 Å². The van der Waals surface area contributed by atoms with Gasteiger partial charge in [0.1, 0.15) is 0 Å². The number of benzene rings is 1. The van der Waals surface area contributed by atoms with Gasteiger partial charge in [-0.15, -0.1) is 0 Å². The highest BCUT2D eigenvalue weighted by Crippen LogP contribution is 2.17. The predicted molar refractivity (Wildman–Crippen MR) is 61.2 cm³/mol. The summed E-state index contributed by atoms with van der Waals surface area (Å²) in [6, 6.07) is 10.6. The molecule has 2 atom stereocenters. The fraction of sp³-hybridized carbons (Fsp3) is 0.538. The molecule has 0 bridgehead atoms. The number of hydrogen-bond donors (Lipinski definition) is 0. The van der Waals surface area contributed by atoms with Gasteiger partial charge in [-0.2, -0.15) is 0 Å². The molecule has 1 aromatic rings. The van der Waals surface area contributed by atoms with Crippen molar-refractivity contribution in [3.05, 3.63) is 35.9 Å². The van der Waals surface area contributed by atoms with Crippen molar-refractivity contribution in [1.82, 2.24) is 4.90 Å². The number of rotatable bonds is 6. The van der Waals surface area contributed by atoms with E-state index in [0.717, 1.165) is 32.8 Å². The van der Waals surface area contributed by atoms with Crippen LogP contribution in [0.2, 0.25) is 0 Å². The first-order valence-electron chi connectivity index (χ1n) is 5.89. The van der Waals surface area contributed by atoms with Gasteiger partial charge in [0, 0.05) is 19.6 Å². The Morgan fingerprint density at radius 3 is 2.06 bits per heavy atom. The van der Waals surface area contributed by atoms with E-state index in [4.69, 9.17) is 9.47 Å². The molecular formula is C13H17NO2. The zero-order valence-electron chi connectivity index (χ0n) is 9.34. The second-order valence-corrected chi connectivity index (χ2v) is 4.59. The van der Waals surface area contributed by atoms with E-state index < -0.39 is 0 Å². The summed E-state index contributed by atoms with van der Waals surface area (Å²) in [5.74, 6) is 0.